The van der Waals surface area contributed by atoms with Crippen molar-refractivity contribution in [3.8, 4) is 0 Å². The molecule has 0 unspecified atom stereocenters. The predicted molar refractivity (Wildman–Crippen MR) is 71.6 cm³/mol. The van der Waals surface area contributed by atoms with Crippen LogP contribution in [0.25, 0.3) is 0 Å². The zero-order valence-corrected chi connectivity index (χ0v) is 11.3. The SMILES string of the molecule is CC1(C)OB(c2cccc(Cl)c2N)OC1(C)C. The van der Waals surface area contributed by atoms with Crippen LogP contribution in [0.3, 0.4) is 0 Å². The van der Waals surface area contributed by atoms with Gasteiger partial charge in [-0.2, -0.15) is 0 Å². The summed E-state index contributed by atoms with van der Waals surface area (Å²) in [6.07, 6.45) is 0. The summed E-state index contributed by atoms with van der Waals surface area (Å²) in [4.78, 5) is 0. The van der Waals surface area contributed by atoms with Gasteiger partial charge in [0.05, 0.1) is 21.9 Å². The quantitative estimate of drug-likeness (QED) is 0.616. The van der Waals surface area contributed by atoms with Crippen LogP contribution in [-0.4, -0.2) is 18.3 Å². The van der Waals surface area contributed by atoms with Gasteiger partial charge in [0.15, 0.2) is 0 Å². The van der Waals surface area contributed by atoms with E-state index in [9.17, 15) is 0 Å². The minimum atomic E-state index is -0.460. The summed E-state index contributed by atoms with van der Waals surface area (Å²) in [6, 6.07) is 5.48. The minimum Gasteiger partial charge on any atom is -0.399 e. The van der Waals surface area contributed by atoms with Crippen LogP contribution >= 0.6 is 11.6 Å². The van der Waals surface area contributed by atoms with Gasteiger partial charge >= 0.3 is 7.12 Å². The second kappa shape index (κ2) is 3.90. The van der Waals surface area contributed by atoms with Gasteiger partial charge < -0.3 is 15.0 Å². The molecule has 0 amide bonds. The highest BCUT2D eigenvalue weighted by Gasteiger charge is 2.52. The second-order valence-electron chi connectivity index (χ2n) is 5.33. The Morgan fingerprint density at radius 1 is 1.12 bits per heavy atom. The Morgan fingerprint density at radius 3 is 2.18 bits per heavy atom. The topological polar surface area (TPSA) is 44.5 Å². The van der Waals surface area contributed by atoms with Crippen LogP contribution in [0, 0.1) is 0 Å². The van der Waals surface area contributed by atoms with Crippen LogP contribution in [0.4, 0.5) is 5.69 Å². The van der Waals surface area contributed by atoms with Crippen LogP contribution in [0.1, 0.15) is 27.7 Å². The van der Waals surface area contributed by atoms with Crippen molar-refractivity contribution in [1.82, 2.24) is 0 Å². The number of nitrogen functional groups attached to an aromatic ring is 1. The van der Waals surface area contributed by atoms with E-state index in [1.807, 2.05) is 39.8 Å². The van der Waals surface area contributed by atoms with E-state index in [-0.39, 0.29) is 11.2 Å². The fraction of sp³-hybridized carbons (Fsp3) is 0.500. The predicted octanol–water partition coefficient (Wildman–Crippen LogP) is 2.22. The molecule has 5 heteroatoms. The van der Waals surface area contributed by atoms with E-state index in [4.69, 9.17) is 26.6 Å². The molecular weight excluding hydrogens is 236 g/mol. The Balaban J connectivity index is 2.36. The van der Waals surface area contributed by atoms with Gasteiger partial charge in [0.25, 0.3) is 0 Å². The third-order valence-corrected chi connectivity index (χ3v) is 3.92. The highest BCUT2D eigenvalue weighted by atomic mass is 35.5. The lowest BCUT2D eigenvalue weighted by molar-refractivity contribution is 0.00578. The first-order chi connectivity index (χ1) is 7.74. The monoisotopic (exact) mass is 253 g/mol. The Bertz CT molecular complexity index is 432. The lowest BCUT2D eigenvalue weighted by Gasteiger charge is -2.32. The number of hydrogen-bond donors (Lipinski definition) is 1. The van der Waals surface area contributed by atoms with Crippen molar-refractivity contribution in [3.63, 3.8) is 0 Å². The highest BCUT2D eigenvalue weighted by Crippen LogP contribution is 2.37. The molecule has 1 aliphatic heterocycles. The van der Waals surface area contributed by atoms with Crippen LogP contribution in [0.5, 0.6) is 0 Å². The van der Waals surface area contributed by atoms with Gasteiger partial charge in [-0.15, -0.1) is 0 Å². The highest BCUT2D eigenvalue weighted by molar-refractivity contribution is 6.64. The van der Waals surface area contributed by atoms with Crippen molar-refractivity contribution in [2.45, 2.75) is 38.9 Å². The van der Waals surface area contributed by atoms with Crippen LogP contribution < -0.4 is 11.2 Å². The number of hydrogen-bond acceptors (Lipinski definition) is 3. The smallest absolute Gasteiger partial charge is 0.399 e. The summed E-state index contributed by atoms with van der Waals surface area (Å²) in [6.45, 7) is 8.03. The first kappa shape index (κ1) is 12.7. The third kappa shape index (κ3) is 2.05. The molecule has 3 nitrogen and oxygen atoms in total. The van der Waals surface area contributed by atoms with E-state index in [2.05, 4.69) is 0 Å². The van der Waals surface area contributed by atoms with Gasteiger partial charge in [-0.3, -0.25) is 0 Å². The molecule has 17 heavy (non-hydrogen) atoms. The maximum absolute atomic E-state index is 6.00. The van der Waals surface area contributed by atoms with Crippen molar-refractivity contribution < 1.29 is 9.31 Å². The fourth-order valence-electron chi connectivity index (χ4n) is 1.73. The molecule has 0 aromatic heterocycles. The molecule has 1 aliphatic rings. The second-order valence-corrected chi connectivity index (χ2v) is 5.74. The van der Waals surface area contributed by atoms with Crippen molar-refractivity contribution >= 4 is 29.9 Å². The van der Waals surface area contributed by atoms with Crippen molar-refractivity contribution in [2.75, 3.05) is 5.73 Å². The van der Waals surface area contributed by atoms with Gasteiger partial charge in [-0.1, -0.05) is 23.7 Å². The molecule has 92 valence electrons. The maximum Gasteiger partial charge on any atom is 0.497 e. The molecular formula is C12H17BClNO2. The first-order valence-corrected chi connectivity index (χ1v) is 6.02. The van der Waals surface area contributed by atoms with Gasteiger partial charge in [-0.05, 0) is 33.8 Å². The zero-order chi connectivity index (χ0) is 12.8. The average molecular weight is 254 g/mol. The van der Waals surface area contributed by atoms with E-state index in [1.54, 1.807) is 6.07 Å². The maximum atomic E-state index is 6.00. The van der Waals surface area contributed by atoms with Crippen LogP contribution in [0.15, 0.2) is 18.2 Å². The Labute approximate surface area is 107 Å². The van der Waals surface area contributed by atoms with Gasteiger partial charge in [0.2, 0.25) is 0 Å². The molecule has 1 heterocycles. The van der Waals surface area contributed by atoms with E-state index in [0.717, 1.165) is 5.46 Å². The molecule has 0 atom stereocenters. The third-order valence-electron chi connectivity index (χ3n) is 3.59. The molecule has 2 N–H and O–H groups in total. The fourth-order valence-corrected chi connectivity index (χ4v) is 1.91. The molecule has 1 aromatic carbocycles. The first-order valence-electron chi connectivity index (χ1n) is 5.64. The number of halogens is 1. The summed E-state index contributed by atoms with van der Waals surface area (Å²) in [7, 11) is -0.460. The Hall–Kier alpha value is -0.705. The van der Waals surface area contributed by atoms with E-state index < -0.39 is 7.12 Å². The lowest BCUT2D eigenvalue weighted by Crippen LogP contribution is -2.41. The van der Waals surface area contributed by atoms with Gasteiger partial charge in [-0.25, -0.2) is 0 Å². The summed E-state index contributed by atoms with van der Waals surface area (Å²) in [5.74, 6) is 0. The number of rotatable bonds is 1. The molecule has 1 saturated heterocycles. The number of para-hydroxylation sites is 1. The largest absolute Gasteiger partial charge is 0.497 e. The standard InChI is InChI=1S/C12H17BClNO2/c1-11(2)12(3,4)17-13(16-11)8-6-5-7-9(14)10(8)15/h5-7H,15H2,1-4H3. The van der Waals surface area contributed by atoms with Crippen LogP contribution in [0.2, 0.25) is 5.02 Å². The van der Waals surface area contributed by atoms with Gasteiger partial charge in [0.1, 0.15) is 0 Å². The van der Waals surface area contributed by atoms with E-state index >= 15 is 0 Å². The number of nitrogens with two attached hydrogens (primary N) is 1. The Kier molecular flexibility index (Phi) is 2.93. The number of benzene rings is 1. The summed E-state index contributed by atoms with van der Waals surface area (Å²) in [5, 5.41) is 0.525. The molecule has 0 bridgehead atoms. The normalized spacial score (nSPS) is 21.8. The van der Waals surface area contributed by atoms with Crippen LogP contribution in [-0.2, 0) is 9.31 Å². The molecule has 0 aliphatic carbocycles. The van der Waals surface area contributed by atoms with Crippen molar-refractivity contribution in [1.29, 1.82) is 0 Å². The van der Waals surface area contributed by atoms with Crippen molar-refractivity contribution in [3.05, 3.63) is 23.2 Å². The summed E-state index contributed by atoms with van der Waals surface area (Å²) >= 11 is 6.00. The summed E-state index contributed by atoms with van der Waals surface area (Å²) in [5.41, 5.74) is 6.52. The van der Waals surface area contributed by atoms with Gasteiger partial charge in [0, 0.05) is 5.46 Å². The molecule has 0 saturated carbocycles. The molecule has 2 rings (SSSR count). The lowest BCUT2D eigenvalue weighted by atomic mass is 9.78. The number of anilines is 1. The minimum absolute atomic E-state index is 0.369. The molecule has 0 spiro atoms. The molecule has 1 aromatic rings. The zero-order valence-electron chi connectivity index (χ0n) is 10.6. The molecule has 0 radical (unpaired) electrons. The van der Waals surface area contributed by atoms with E-state index in [1.165, 1.54) is 0 Å². The molecule has 1 fully saturated rings. The van der Waals surface area contributed by atoms with E-state index in [0.29, 0.717) is 10.7 Å². The Morgan fingerprint density at radius 2 is 1.65 bits per heavy atom. The van der Waals surface area contributed by atoms with Crippen molar-refractivity contribution in [2.24, 2.45) is 0 Å². The summed E-state index contributed by atoms with van der Waals surface area (Å²) < 4.78 is 11.9. The average Bonchev–Trinajstić information content (AvgIpc) is 2.40.